The van der Waals surface area contributed by atoms with Gasteiger partial charge in [-0.15, -0.1) is 0 Å². The zero-order valence-corrected chi connectivity index (χ0v) is 15.8. The molecular weight excluding hydrogens is 310 g/mol. The van der Waals surface area contributed by atoms with Crippen LogP contribution in [-0.4, -0.2) is 56.3 Å². The number of aryl methyl sites for hydroxylation is 1. The Labute approximate surface area is 150 Å². The van der Waals surface area contributed by atoms with Crippen molar-refractivity contribution in [1.29, 1.82) is 0 Å². The molecule has 1 aromatic heterocycles. The number of methoxy groups -OCH3 is 1. The number of anilines is 1. The van der Waals surface area contributed by atoms with Crippen LogP contribution in [0.2, 0.25) is 0 Å². The van der Waals surface area contributed by atoms with Crippen LogP contribution in [0.3, 0.4) is 0 Å². The number of benzene rings is 1. The van der Waals surface area contributed by atoms with E-state index in [0.717, 1.165) is 36.1 Å². The largest absolute Gasteiger partial charge is 0.380 e. The lowest BCUT2D eigenvalue weighted by Crippen LogP contribution is -2.47. The summed E-state index contributed by atoms with van der Waals surface area (Å²) in [6, 6.07) is 11.3. The molecule has 0 N–H and O–H groups in total. The topological polar surface area (TPSA) is 28.6 Å². The highest BCUT2D eigenvalue weighted by molar-refractivity contribution is 5.92. The maximum absolute atomic E-state index is 5.83. The van der Waals surface area contributed by atoms with Gasteiger partial charge in [0.05, 0.1) is 11.6 Å². The predicted molar refractivity (Wildman–Crippen MR) is 103 cm³/mol. The van der Waals surface area contributed by atoms with E-state index in [2.05, 4.69) is 61.2 Å². The third-order valence-electron chi connectivity index (χ3n) is 6.21. The summed E-state index contributed by atoms with van der Waals surface area (Å²) in [6.45, 7) is 4.39. The molecule has 1 aliphatic carbocycles. The SMILES string of the molecule is CO[C@@H]1C[C@H]2CN(c3cc(C)nc4ccccc34)C[C@H]2C[C@H]1N(C)C. The number of pyridine rings is 1. The Morgan fingerprint density at radius 1 is 1.12 bits per heavy atom. The molecule has 0 amide bonds. The van der Waals surface area contributed by atoms with Crippen molar-refractivity contribution < 1.29 is 4.74 Å². The lowest BCUT2D eigenvalue weighted by atomic mass is 9.77. The van der Waals surface area contributed by atoms with Crippen LogP contribution in [0.25, 0.3) is 10.9 Å². The highest BCUT2D eigenvalue weighted by Crippen LogP contribution is 2.41. The van der Waals surface area contributed by atoms with Gasteiger partial charge in [0.25, 0.3) is 0 Å². The molecular formula is C21H29N3O. The molecule has 4 atom stereocenters. The summed E-state index contributed by atoms with van der Waals surface area (Å²) in [5.41, 5.74) is 3.56. The molecule has 2 aliphatic rings. The first-order valence-electron chi connectivity index (χ1n) is 9.37. The first-order chi connectivity index (χ1) is 12.1. The van der Waals surface area contributed by atoms with Crippen LogP contribution in [0.5, 0.6) is 0 Å². The molecule has 4 nitrogen and oxygen atoms in total. The van der Waals surface area contributed by atoms with Crippen molar-refractivity contribution in [1.82, 2.24) is 9.88 Å². The van der Waals surface area contributed by atoms with Crippen LogP contribution in [0.1, 0.15) is 18.5 Å². The highest BCUT2D eigenvalue weighted by Gasteiger charge is 2.43. The maximum atomic E-state index is 5.83. The Bertz CT molecular complexity index is 760. The molecule has 2 fully saturated rings. The molecule has 2 aromatic rings. The molecule has 0 radical (unpaired) electrons. The van der Waals surface area contributed by atoms with Crippen molar-refractivity contribution in [3.63, 3.8) is 0 Å². The van der Waals surface area contributed by atoms with Crippen molar-refractivity contribution in [2.75, 3.05) is 39.2 Å². The molecule has 25 heavy (non-hydrogen) atoms. The predicted octanol–water partition coefficient (Wildman–Crippen LogP) is 3.33. The summed E-state index contributed by atoms with van der Waals surface area (Å²) in [5, 5.41) is 1.28. The number of ether oxygens (including phenoxy) is 1. The van der Waals surface area contributed by atoms with Gasteiger partial charge in [-0.05, 0) is 57.8 Å². The Balaban J connectivity index is 1.63. The van der Waals surface area contributed by atoms with Gasteiger partial charge >= 0.3 is 0 Å². The average molecular weight is 339 g/mol. The summed E-state index contributed by atoms with van der Waals surface area (Å²) >= 11 is 0. The third kappa shape index (κ3) is 3.02. The Morgan fingerprint density at radius 2 is 1.84 bits per heavy atom. The quantitative estimate of drug-likeness (QED) is 0.857. The number of hydrogen-bond acceptors (Lipinski definition) is 4. The van der Waals surface area contributed by atoms with Crippen LogP contribution >= 0.6 is 0 Å². The van der Waals surface area contributed by atoms with Gasteiger partial charge in [0.15, 0.2) is 0 Å². The van der Waals surface area contributed by atoms with Gasteiger partial charge in [-0.3, -0.25) is 4.98 Å². The van der Waals surface area contributed by atoms with Crippen molar-refractivity contribution in [2.24, 2.45) is 11.8 Å². The number of nitrogens with zero attached hydrogens (tertiary/aromatic N) is 3. The highest BCUT2D eigenvalue weighted by atomic mass is 16.5. The number of likely N-dealkylation sites (N-methyl/N-ethyl adjacent to an activating group) is 1. The van der Waals surface area contributed by atoms with Gasteiger partial charge in [0.2, 0.25) is 0 Å². The van der Waals surface area contributed by atoms with Gasteiger partial charge in [0.1, 0.15) is 0 Å². The molecule has 134 valence electrons. The molecule has 0 spiro atoms. The fourth-order valence-corrected chi connectivity index (χ4v) is 4.93. The minimum atomic E-state index is 0.354. The van der Waals surface area contributed by atoms with E-state index in [4.69, 9.17) is 9.72 Å². The second-order valence-corrected chi connectivity index (χ2v) is 8.00. The molecule has 1 saturated heterocycles. The monoisotopic (exact) mass is 339 g/mol. The van der Waals surface area contributed by atoms with E-state index in [1.165, 1.54) is 23.9 Å². The number of hydrogen-bond donors (Lipinski definition) is 0. The second kappa shape index (κ2) is 6.58. The van der Waals surface area contributed by atoms with Crippen molar-refractivity contribution in [2.45, 2.75) is 31.9 Å². The Kier molecular flexibility index (Phi) is 4.42. The van der Waals surface area contributed by atoms with Gasteiger partial charge in [-0.25, -0.2) is 0 Å². The van der Waals surface area contributed by atoms with Crippen LogP contribution in [0, 0.1) is 18.8 Å². The normalized spacial score (nSPS) is 29.4. The average Bonchev–Trinajstić information content (AvgIpc) is 3.02. The standard InChI is InChI=1S/C21H29N3O/c1-14-9-19(17-7-5-6-8-18(17)22-14)24-12-15-10-20(23(2)3)21(25-4)11-16(15)13-24/h5-9,15-16,20-21H,10-13H2,1-4H3/t15-,16+,20-,21-/m1/s1. The zero-order valence-electron chi connectivity index (χ0n) is 15.8. The van der Waals surface area contributed by atoms with Crippen molar-refractivity contribution in [3.05, 3.63) is 36.0 Å². The van der Waals surface area contributed by atoms with Gasteiger partial charge in [0, 0.05) is 43.0 Å². The molecule has 1 saturated carbocycles. The van der Waals surface area contributed by atoms with Gasteiger partial charge < -0.3 is 14.5 Å². The van der Waals surface area contributed by atoms with Gasteiger partial charge in [-0.2, -0.15) is 0 Å². The minimum Gasteiger partial charge on any atom is -0.380 e. The third-order valence-corrected chi connectivity index (χ3v) is 6.21. The number of fused-ring (bicyclic) bond motifs is 2. The fourth-order valence-electron chi connectivity index (χ4n) is 4.93. The van der Waals surface area contributed by atoms with Crippen LogP contribution in [-0.2, 0) is 4.74 Å². The van der Waals surface area contributed by atoms with Crippen LogP contribution in [0.4, 0.5) is 5.69 Å². The lowest BCUT2D eigenvalue weighted by molar-refractivity contribution is -0.0209. The Hall–Kier alpha value is -1.65. The second-order valence-electron chi connectivity index (χ2n) is 8.00. The van der Waals surface area contributed by atoms with E-state index >= 15 is 0 Å². The first-order valence-corrected chi connectivity index (χ1v) is 9.37. The summed E-state index contributed by atoms with van der Waals surface area (Å²) < 4.78 is 5.83. The summed E-state index contributed by atoms with van der Waals surface area (Å²) in [6.07, 6.45) is 2.75. The van der Waals surface area contributed by atoms with Gasteiger partial charge in [-0.1, -0.05) is 18.2 Å². The summed E-state index contributed by atoms with van der Waals surface area (Å²) in [4.78, 5) is 9.65. The van der Waals surface area contributed by atoms with Crippen LogP contribution < -0.4 is 4.90 Å². The number of para-hydroxylation sites is 1. The molecule has 0 unspecified atom stereocenters. The molecule has 2 heterocycles. The summed E-state index contributed by atoms with van der Waals surface area (Å²) in [7, 11) is 6.24. The fraction of sp³-hybridized carbons (Fsp3) is 0.571. The zero-order chi connectivity index (χ0) is 17.6. The smallest absolute Gasteiger partial charge is 0.0729 e. The number of rotatable bonds is 3. The first kappa shape index (κ1) is 16.8. The summed E-state index contributed by atoms with van der Waals surface area (Å²) in [5.74, 6) is 1.49. The van der Waals surface area contributed by atoms with E-state index in [9.17, 15) is 0 Å². The molecule has 4 heteroatoms. The molecule has 1 aliphatic heterocycles. The molecule has 1 aromatic carbocycles. The van der Waals surface area contributed by atoms with Crippen molar-refractivity contribution >= 4 is 16.6 Å². The van der Waals surface area contributed by atoms with E-state index < -0.39 is 0 Å². The van der Waals surface area contributed by atoms with E-state index in [1.807, 2.05) is 7.11 Å². The molecule has 0 bridgehead atoms. The Morgan fingerprint density at radius 3 is 2.56 bits per heavy atom. The van der Waals surface area contributed by atoms with Crippen molar-refractivity contribution in [3.8, 4) is 0 Å². The van der Waals surface area contributed by atoms with E-state index in [0.29, 0.717) is 12.1 Å². The molecule has 4 rings (SSSR count). The maximum Gasteiger partial charge on any atom is 0.0729 e. The lowest BCUT2D eigenvalue weighted by Gasteiger charge is -2.40. The number of aromatic nitrogens is 1. The van der Waals surface area contributed by atoms with E-state index in [-0.39, 0.29) is 0 Å². The minimum absolute atomic E-state index is 0.354. The van der Waals surface area contributed by atoms with E-state index in [1.54, 1.807) is 0 Å². The van der Waals surface area contributed by atoms with Crippen LogP contribution in [0.15, 0.2) is 30.3 Å².